The van der Waals surface area contributed by atoms with Crippen LogP contribution in [-0.2, 0) is 9.53 Å². The maximum Gasteiger partial charge on any atom is 0.330 e. The van der Waals surface area contributed by atoms with Crippen molar-refractivity contribution < 1.29 is 9.53 Å². The minimum absolute atomic E-state index is 0.0864. The van der Waals surface area contributed by atoms with E-state index in [4.69, 9.17) is 4.74 Å². The molecule has 0 fully saturated rings. The van der Waals surface area contributed by atoms with Crippen LogP contribution >= 0.6 is 0 Å². The van der Waals surface area contributed by atoms with Gasteiger partial charge < -0.3 is 4.74 Å². The molecular weight excluding hydrogens is 212 g/mol. The Balaban J connectivity index is 3.84. The van der Waals surface area contributed by atoms with Gasteiger partial charge in [-0.1, -0.05) is 52.2 Å². The number of hydrogen-bond donors (Lipinski definition) is 0. The summed E-state index contributed by atoms with van der Waals surface area (Å²) >= 11 is 0. The van der Waals surface area contributed by atoms with Crippen molar-refractivity contribution in [3.05, 3.63) is 24.8 Å². The molecule has 0 saturated heterocycles. The number of carbonyl (C=O) groups is 1. The van der Waals surface area contributed by atoms with Gasteiger partial charge in [0.25, 0.3) is 0 Å². The molecule has 0 N–H and O–H groups in total. The first-order chi connectivity index (χ1) is 8.24. The molecule has 1 unspecified atom stereocenters. The van der Waals surface area contributed by atoms with E-state index >= 15 is 0 Å². The van der Waals surface area contributed by atoms with Crippen molar-refractivity contribution in [3.63, 3.8) is 0 Å². The summed E-state index contributed by atoms with van der Waals surface area (Å²) in [5, 5.41) is 0. The largest absolute Gasteiger partial charge is 0.455 e. The SMILES string of the molecule is C=CC(=O)OC(C=CCCCCCC)CCC. The highest BCUT2D eigenvalue weighted by Gasteiger charge is 2.06. The van der Waals surface area contributed by atoms with E-state index in [1.807, 2.05) is 6.08 Å². The molecule has 0 amide bonds. The average molecular weight is 238 g/mol. The van der Waals surface area contributed by atoms with Gasteiger partial charge in [-0.2, -0.15) is 0 Å². The maximum absolute atomic E-state index is 11.1. The van der Waals surface area contributed by atoms with Gasteiger partial charge in [-0.05, 0) is 25.3 Å². The van der Waals surface area contributed by atoms with E-state index in [0.717, 1.165) is 19.3 Å². The van der Waals surface area contributed by atoms with E-state index in [1.165, 1.54) is 31.8 Å². The standard InChI is InChI=1S/C15H26O2/c1-4-7-8-9-10-11-13-14(12-5-2)17-15(16)6-3/h6,11,13-14H,3-5,7-10,12H2,1-2H3. The van der Waals surface area contributed by atoms with E-state index in [-0.39, 0.29) is 12.1 Å². The molecule has 0 bridgehead atoms. The predicted octanol–water partition coefficient (Wildman–Crippen LogP) is 4.41. The van der Waals surface area contributed by atoms with Crippen LogP contribution in [-0.4, -0.2) is 12.1 Å². The molecule has 0 radical (unpaired) electrons. The second-order valence-electron chi connectivity index (χ2n) is 4.25. The highest BCUT2D eigenvalue weighted by Crippen LogP contribution is 2.08. The molecule has 17 heavy (non-hydrogen) atoms. The molecule has 2 nitrogen and oxygen atoms in total. The van der Waals surface area contributed by atoms with Gasteiger partial charge in [0.2, 0.25) is 0 Å². The lowest BCUT2D eigenvalue weighted by Crippen LogP contribution is -2.13. The normalized spacial score (nSPS) is 12.6. The third-order valence-electron chi connectivity index (χ3n) is 2.58. The van der Waals surface area contributed by atoms with Crippen LogP contribution in [0.25, 0.3) is 0 Å². The summed E-state index contributed by atoms with van der Waals surface area (Å²) in [5.74, 6) is -0.334. The molecule has 0 aliphatic carbocycles. The smallest absolute Gasteiger partial charge is 0.330 e. The van der Waals surface area contributed by atoms with Crippen molar-refractivity contribution in [2.24, 2.45) is 0 Å². The first-order valence-electron chi connectivity index (χ1n) is 6.74. The van der Waals surface area contributed by atoms with Gasteiger partial charge in [-0.3, -0.25) is 0 Å². The van der Waals surface area contributed by atoms with Crippen LogP contribution in [0, 0.1) is 0 Å². The molecular formula is C15H26O2. The lowest BCUT2D eigenvalue weighted by atomic mass is 10.1. The van der Waals surface area contributed by atoms with E-state index in [9.17, 15) is 4.79 Å². The fourth-order valence-corrected chi connectivity index (χ4v) is 1.61. The Morgan fingerprint density at radius 3 is 2.59 bits per heavy atom. The first kappa shape index (κ1) is 16.0. The quantitative estimate of drug-likeness (QED) is 0.244. The highest BCUT2D eigenvalue weighted by molar-refractivity contribution is 5.81. The molecule has 0 aliphatic heterocycles. The summed E-state index contributed by atoms with van der Waals surface area (Å²) in [4.78, 5) is 11.1. The lowest BCUT2D eigenvalue weighted by Gasteiger charge is -2.11. The van der Waals surface area contributed by atoms with Crippen LogP contribution in [0.4, 0.5) is 0 Å². The topological polar surface area (TPSA) is 26.3 Å². The molecule has 0 aromatic heterocycles. The minimum atomic E-state index is -0.334. The number of allylic oxidation sites excluding steroid dienone is 1. The summed E-state index contributed by atoms with van der Waals surface area (Å²) in [6, 6.07) is 0. The zero-order valence-corrected chi connectivity index (χ0v) is 11.3. The second kappa shape index (κ2) is 11.4. The number of ether oxygens (including phenoxy) is 1. The predicted molar refractivity (Wildman–Crippen MR) is 72.9 cm³/mol. The summed E-state index contributed by atoms with van der Waals surface area (Å²) in [6.07, 6.45) is 13.3. The van der Waals surface area contributed by atoms with Gasteiger partial charge in [0.1, 0.15) is 6.10 Å². The maximum atomic E-state index is 11.1. The van der Waals surface area contributed by atoms with E-state index in [0.29, 0.717) is 0 Å². The molecule has 98 valence electrons. The summed E-state index contributed by atoms with van der Waals surface area (Å²) in [5.41, 5.74) is 0. The van der Waals surface area contributed by atoms with Gasteiger partial charge in [0.15, 0.2) is 0 Å². The van der Waals surface area contributed by atoms with Crippen LogP contribution in [0.1, 0.15) is 58.8 Å². The molecule has 0 saturated carbocycles. The van der Waals surface area contributed by atoms with E-state index in [2.05, 4.69) is 26.5 Å². The van der Waals surface area contributed by atoms with Crippen molar-refractivity contribution in [1.82, 2.24) is 0 Å². The van der Waals surface area contributed by atoms with E-state index in [1.54, 1.807) is 0 Å². The zero-order chi connectivity index (χ0) is 12.9. The Morgan fingerprint density at radius 2 is 2.00 bits per heavy atom. The Labute approximate surface area is 106 Å². The third-order valence-corrected chi connectivity index (χ3v) is 2.58. The van der Waals surface area contributed by atoms with Gasteiger partial charge >= 0.3 is 5.97 Å². The molecule has 2 heteroatoms. The van der Waals surface area contributed by atoms with Crippen molar-refractivity contribution in [2.45, 2.75) is 64.9 Å². The van der Waals surface area contributed by atoms with E-state index < -0.39 is 0 Å². The van der Waals surface area contributed by atoms with Crippen LogP contribution in [0.3, 0.4) is 0 Å². The summed E-state index contributed by atoms with van der Waals surface area (Å²) in [6.45, 7) is 7.70. The molecule has 0 heterocycles. The molecule has 0 aromatic rings. The Morgan fingerprint density at radius 1 is 1.24 bits per heavy atom. The van der Waals surface area contributed by atoms with Gasteiger partial charge in [-0.15, -0.1) is 0 Å². The van der Waals surface area contributed by atoms with Crippen LogP contribution < -0.4 is 0 Å². The first-order valence-corrected chi connectivity index (χ1v) is 6.74. The minimum Gasteiger partial charge on any atom is -0.455 e. The summed E-state index contributed by atoms with van der Waals surface area (Å²) < 4.78 is 5.22. The Hall–Kier alpha value is -1.05. The second-order valence-corrected chi connectivity index (χ2v) is 4.25. The third kappa shape index (κ3) is 9.86. The lowest BCUT2D eigenvalue weighted by molar-refractivity contribution is -0.141. The molecule has 1 atom stereocenters. The van der Waals surface area contributed by atoms with Crippen LogP contribution in [0.5, 0.6) is 0 Å². The fourth-order valence-electron chi connectivity index (χ4n) is 1.61. The molecule has 0 aromatic carbocycles. The van der Waals surface area contributed by atoms with Crippen LogP contribution in [0.15, 0.2) is 24.8 Å². The molecule has 0 spiro atoms. The number of esters is 1. The van der Waals surface area contributed by atoms with Gasteiger partial charge in [-0.25, -0.2) is 4.79 Å². The van der Waals surface area contributed by atoms with Gasteiger partial charge in [0.05, 0.1) is 0 Å². The molecule has 0 aliphatic rings. The number of rotatable bonds is 10. The van der Waals surface area contributed by atoms with Crippen molar-refractivity contribution >= 4 is 5.97 Å². The summed E-state index contributed by atoms with van der Waals surface area (Å²) in [7, 11) is 0. The van der Waals surface area contributed by atoms with Crippen molar-refractivity contribution in [3.8, 4) is 0 Å². The highest BCUT2D eigenvalue weighted by atomic mass is 16.5. The molecule has 0 rings (SSSR count). The Kier molecular flexibility index (Phi) is 10.7. The Bertz CT molecular complexity index is 231. The zero-order valence-electron chi connectivity index (χ0n) is 11.3. The number of hydrogen-bond acceptors (Lipinski definition) is 2. The van der Waals surface area contributed by atoms with Crippen LogP contribution in [0.2, 0.25) is 0 Å². The van der Waals surface area contributed by atoms with Gasteiger partial charge in [0, 0.05) is 6.08 Å². The monoisotopic (exact) mass is 238 g/mol. The number of carbonyl (C=O) groups excluding carboxylic acids is 1. The van der Waals surface area contributed by atoms with Crippen molar-refractivity contribution in [2.75, 3.05) is 0 Å². The number of unbranched alkanes of at least 4 members (excludes halogenated alkanes) is 4. The average Bonchev–Trinajstić information content (AvgIpc) is 2.33. The fraction of sp³-hybridized carbons (Fsp3) is 0.667. The van der Waals surface area contributed by atoms with Crippen molar-refractivity contribution in [1.29, 1.82) is 0 Å².